The van der Waals surface area contributed by atoms with Crippen molar-refractivity contribution in [3.05, 3.63) is 126 Å². The van der Waals surface area contributed by atoms with Crippen LogP contribution in [-0.2, 0) is 0 Å². The quantitative estimate of drug-likeness (QED) is 0.516. The van der Waals surface area contributed by atoms with Crippen LogP contribution in [0.4, 0.5) is 0 Å². The maximum absolute atomic E-state index is 9.17. The van der Waals surface area contributed by atoms with Crippen LogP contribution in [0.15, 0.2) is 97.7 Å². The van der Waals surface area contributed by atoms with Crippen molar-refractivity contribution in [1.82, 2.24) is 15.0 Å². The van der Waals surface area contributed by atoms with E-state index >= 15 is 0 Å². The summed E-state index contributed by atoms with van der Waals surface area (Å²) in [6.45, 7) is 0. The third-order valence-corrected chi connectivity index (χ3v) is 4.83. The monoisotopic (exact) mass is 362 g/mol. The minimum atomic E-state index is -0.0395. The minimum Gasteiger partial charge on any atom is -0.264 e. The molecule has 0 saturated heterocycles. The second kappa shape index (κ2) is 8.24. The van der Waals surface area contributed by atoms with Gasteiger partial charge in [-0.3, -0.25) is 15.0 Å². The lowest BCUT2D eigenvalue weighted by Crippen LogP contribution is -2.16. The van der Waals surface area contributed by atoms with Crippen LogP contribution in [0.1, 0.15) is 39.8 Å². The van der Waals surface area contributed by atoms with Crippen molar-refractivity contribution in [2.24, 2.45) is 0 Å². The zero-order valence-electron chi connectivity index (χ0n) is 15.2. The topological polar surface area (TPSA) is 62.5 Å². The molecular formula is C24H18N4. The molecule has 0 fully saturated rings. The Hall–Kier alpha value is -3.84. The van der Waals surface area contributed by atoms with Crippen molar-refractivity contribution in [2.45, 2.75) is 11.8 Å². The number of hydrogen-bond acceptors (Lipinski definition) is 4. The number of nitrogens with zero attached hydrogens (tertiary/aromatic N) is 4. The lowest BCUT2D eigenvalue weighted by atomic mass is 9.76. The van der Waals surface area contributed by atoms with Gasteiger partial charge in [0.2, 0.25) is 0 Å². The largest absolute Gasteiger partial charge is 0.264 e. The lowest BCUT2D eigenvalue weighted by Gasteiger charge is -2.28. The van der Waals surface area contributed by atoms with Crippen molar-refractivity contribution >= 4 is 0 Å². The molecule has 4 aromatic rings. The molecule has 1 aromatic carbocycles. The zero-order valence-corrected chi connectivity index (χ0v) is 15.2. The molecule has 0 N–H and O–H groups in total. The number of pyridine rings is 3. The summed E-state index contributed by atoms with van der Waals surface area (Å²) in [4.78, 5) is 13.4. The fourth-order valence-corrected chi connectivity index (χ4v) is 3.56. The van der Waals surface area contributed by atoms with E-state index in [0.29, 0.717) is 5.56 Å². The van der Waals surface area contributed by atoms with Crippen LogP contribution in [0.25, 0.3) is 0 Å². The third kappa shape index (κ3) is 3.65. The Kier molecular flexibility index (Phi) is 5.17. The second-order valence-electron chi connectivity index (χ2n) is 6.52. The normalized spacial score (nSPS) is 11.7. The van der Waals surface area contributed by atoms with Gasteiger partial charge in [-0.1, -0.05) is 30.3 Å². The van der Waals surface area contributed by atoms with E-state index in [4.69, 9.17) is 0 Å². The Bertz CT molecular complexity index is 1020. The molecule has 0 radical (unpaired) electrons. The highest BCUT2D eigenvalue weighted by molar-refractivity contribution is 5.43. The van der Waals surface area contributed by atoms with Crippen LogP contribution in [0, 0.1) is 11.3 Å². The SMILES string of the molecule is N#Cc1ccc(C(c2ccccn2)C(c2cccnc2)c2cccnc2)cc1. The summed E-state index contributed by atoms with van der Waals surface area (Å²) in [5, 5.41) is 9.17. The highest BCUT2D eigenvalue weighted by Crippen LogP contribution is 2.41. The van der Waals surface area contributed by atoms with Gasteiger partial charge in [-0.2, -0.15) is 5.26 Å². The van der Waals surface area contributed by atoms with E-state index in [-0.39, 0.29) is 11.8 Å². The average molecular weight is 362 g/mol. The van der Waals surface area contributed by atoms with E-state index < -0.39 is 0 Å². The summed E-state index contributed by atoms with van der Waals surface area (Å²) in [6.07, 6.45) is 9.17. The van der Waals surface area contributed by atoms with E-state index in [0.717, 1.165) is 22.4 Å². The van der Waals surface area contributed by atoms with Gasteiger partial charge in [0, 0.05) is 48.5 Å². The zero-order chi connectivity index (χ0) is 19.2. The molecule has 0 aliphatic rings. The maximum atomic E-state index is 9.17. The Morgan fingerprint density at radius 1 is 0.643 bits per heavy atom. The molecule has 0 amide bonds. The maximum Gasteiger partial charge on any atom is 0.0991 e. The number of nitriles is 1. The molecule has 134 valence electrons. The smallest absolute Gasteiger partial charge is 0.0991 e. The summed E-state index contributed by atoms with van der Waals surface area (Å²) in [5.41, 5.74) is 4.88. The molecule has 0 aliphatic carbocycles. The van der Waals surface area contributed by atoms with Crippen molar-refractivity contribution < 1.29 is 0 Å². The Morgan fingerprint density at radius 2 is 1.32 bits per heavy atom. The van der Waals surface area contributed by atoms with E-state index in [1.807, 2.05) is 73.2 Å². The molecule has 4 nitrogen and oxygen atoms in total. The molecule has 0 aliphatic heterocycles. The molecule has 0 spiro atoms. The van der Waals surface area contributed by atoms with Gasteiger partial charge in [0.05, 0.1) is 11.6 Å². The van der Waals surface area contributed by atoms with Crippen molar-refractivity contribution in [2.75, 3.05) is 0 Å². The average Bonchev–Trinajstić information content (AvgIpc) is 2.79. The van der Waals surface area contributed by atoms with Gasteiger partial charge >= 0.3 is 0 Å². The van der Waals surface area contributed by atoms with Crippen LogP contribution >= 0.6 is 0 Å². The fraction of sp³-hybridized carbons (Fsp3) is 0.0833. The highest BCUT2D eigenvalue weighted by Gasteiger charge is 2.29. The molecule has 0 bridgehead atoms. The standard InChI is InChI=1S/C24H18N4/c25-15-18-8-10-19(11-9-18)24(22-7-1-2-14-28-22)23(20-5-3-12-26-16-20)21-6-4-13-27-17-21/h1-14,16-17,23-24H. The molecule has 0 saturated carbocycles. The summed E-state index contributed by atoms with van der Waals surface area (Å²) in [6, 6.07) is 24.0. The molecule has 3 aromatic heterocycles. The van der Waals surface area contributed by atoms with Crippen LogP contribution in [0.5, 0.6) is 0 Å². The number of hydrogen-bond donors (Lipinski definition) is 0. The number of benzene rings is 1. The Labute approximate surface area is 164 Å². The molecule has 4 rings (SSSR count). The van der Waals surface area contributed by atoms with E-state index in [1.165, 1.54) is 0 Å². The minimum absolute atomic E-state index is 0.00904. The first-order chi connectivity index (χ1) is 13.9. The van der Waals surface area contributed by atoms with Crippen molar-refractivity contribution in [1.29, 1.82) is 5.26 Å². The van der Waals surface area contributed by atoms with Gasteiger partial charge in [-0.05, 0) is 53.1 Å². The van der Waals surface area contributed by atoms with Crippen LogP contribution in [-0.4, -0.2) is 15.0 Å². The van der Waals surface area contributed by atoms with E-state index in [2.05, 4.69) is 33.2 Å². The first-order valence-electron chi connectivity index (χ1n) is 9.07. The molecule has 1 atom stereocenters. The molecule has 3 heterocycles. The van der Waals surface area contributed by atoms with Gasteiger partial charge in [0.1, 0.15) is 0 Å². The van der Waals surface area contributed by atoms with Gasteiger partial charge in [0.15, 0.2) is 0 Å². The summed E-state index contributed by atoms with van der Waals surface area (Å²) < 4.78 is 0. The van der Waals surface area contributed by atoms with Gasteiger partial charge in [-0.15, -0.1) is 0 Å². The van der Waals surface area contributed by atoms with Crippen LogP contribution < -0.4 is 0 Å². The van der Waals surface area contributed by atoms with Crippen molar-refractivity contribution in [3.63, 3.8) is 0 Å². The molecule has 28 heavy (non-hydrogen) atoms. The summed E-state index contributed by atoms with van der Waals surface area (Å²) >= 11 is 0. The van der Waals surface area contributed by atoms with E-state index in [1.54, 1.807) is 12.4 Å². The highest BCUT2D eigenvalue weighted by atomic mass is 14.7. The second-order valence-corrected chi connectivity index (χ2v) is 6.52. The third-order valence-electron chi connectivity index (χ3n) is 4.83. The molecule has 1 unspecified atom stereocenters. The fourth-order valence-electron chi connectivity index (χ4n) is 3.56. The molecular weight excluding hydrogens is 344 g/mol. The lowest BCUT2D eigenvalue weighted by molar-refractivity contribution is 0.670. The van der Waals surface area contributed by atoms with Gasteiger partial charge in [-0.25, -0.2) is 0 Å². The molecule has 4 heteroatoms. The predicted molar refractivity (Wildman–Crippen MR) is 108 cm³/mol. The summed E-state index contributed by atoms with van der Waals surface area (Å²) in [5.74, 6) is -0.0485. The number of aromatic nitrogens is 3. The predicted octanol–water partition coefficient (Wildman–Crippen LogP) is 4.71. The Morgan fingerprint density at radius 3 is 1.82 bits per heavy atom. The van der Waals surface area contributed by atoms with Crippen LogP contribution in [0.2, 0.25) is 0 Å². The van der Waals surface area contributed by atoms with Gasteiger partial charge in [0.25, 0.3) is 0 Å². The first kappa shape index (κ1) is 17.6. The number of rotatable bonds is 5. The van der Waals surface area contributed by atoms with Gasteiger partial charge < -0.3 is 0 Å². The van der Waals surface area contributed by atoms with Crippen LogP contribution in [0.3, 0.4) is 0 Å². The summed E-state index contributed by atoms with van der Waals surface area (Å²) in [7, 11) is 0. The Balaban J connectivity index is 1.92. The van der Waals surface area contributed by atoms with Crippen molar-refractivity contribution in [3.8, 4) is 6.07 Å². The van der Waals surface area contributed by atoms with E-state index in [9.17, 15) is 5.26 Å². The first-order valence-corrected chi connectivity index (χ1v) is 9.07.